The van der Waals surface area contributed by atoms with Crippen LogP contribution in [0.3, 0.4) is 0 Å². The molecule has 0 aromatic carbocycles. The monoisotopic (exact) mass is 308 g/mol. The van der Waals surface area contributed by atoms with Crippen molar-refractivity contribution in [1.29, 1.82) is 0 Å². The molecule has 0 aliphatic carbocycles. The first-order valence-corrected chi connectivity index (χ1v) is 7.76. The lowest BCUT2D eigenvalue weighted by molar-refractivity contribution is 0.211. The molecule has 1 N–H and O–H groups in total. The van der Waals surface area contributed by atoms with E-state index in [4.69, 9.17) is 4.74 Å². The van der Waals surface area contributed by atoms with Gasteiger partial charge < -0.3 is 14.6 Å². The predicted molar refractivity (Wildman–Crippen MR) is 85.0 cm³/mol. The fourth-order valence-electron chi connectivity index (χ4n) is 1.88. The van der Waals surface area contributed by atoms with E-state index in [0.29, 0.717) is 28.9 Å². The minimum atomic E-state index is -0.0218. The number of anilines is 1. The van der Waals surface area contributed by atoms with E-state index in [1.165, 1.54) is 11.3 Å². The fraction of sp³-hybridized carbons (Fsp3) is 0.500. The van der Waals surface area contributed by atoms with Crippen LogP contribution in [0.15, 0.2) is 23.1 Å². The van der Waals surface area contributed by atoms with Crippen molar-refractivity contribution in [1.82, 2.24) is 14.8 Å². The molecule has 0 radical (unpaired) electrons. The Labute approximate surface area is 127 Å². The van der Waals surface area contributed by atoms with Crippen molar-refractivity contribution in [3.05, 3.63) is 28.7 Å². The molecule has 2 aromatic rings. The molecule has 0 saturated heterocycles. The van der Waals surface area contributed by atoms with E-state index in [0.717, 1.165) is 6.42 Å². The van der Waals surface area contributed by atoms with Gasteiger partial charge >= 0.3 is 0 Å². The van der Waals surface area contributed by atoms with E-state index in [1.54, 1.807) is 17.7 Å². The third-order valence-corrected chi connectivity index (χ3v) is 4.19. The normalized spacial score (nSPS) is 12.3. The topological polar surface area (TPSA) is 69.0 Å². The third kappa shape index (κ3) is 3.68. The molecular weight excluding hydrogens is 288 g/mol. The van der Waals surface area contributed by atoms with Crippen LogP contribution in [-0.2, 0) is 4.74 Å². The second-order valence-electron chi connectivity index (χ2n) is 4.72. The zero-order valence-electron chi connectivity index (χ0n) is 12.5. The molecule has 21 heavy (non-hydrogen) atoms. The van der Waals surface area contributed by atoms with Gasteiger partial charge in [-0.2, -0.15) is 0 Å². The Morgan fingerprint density at radius 1 is 1.48 bits per heavy atom. The summed E-state index contributed by atoms with van der Waals surface area (Å²) in [6, 6.07) is 3.84. The Hall–Kier alpha value is -1.73. The summed E-state index contributed by atoms with van der Waals surface area (Å²) in [5.41, 5.74) is 0.571. The molecule has 0 amide bonds. The molecule has 114 valence electrons. The number of hydrogen-bond acceptors (Lipinski definition) is 6. The number of nitrogens with zero attached hydrogens (tertiary/aromatic N) is 3. The van der Waals surface area contributed by atoms with Gasteiger partial charge in [0.05, 0.1) is 12.2 Å². The van der Waals surface area contributed by atoms with Crippen molar-refractivity contribution in [3.8, 4) is 10.6 Å². The van der Waals surface area contributed by atoms with Gasteiger partial charge in [-0.15, -0.1) is 10.2 Å². The van der Waals surface area contributed by atoms with Crippen molar-refractivity contribution in [2.75, 3.05) is 25.6 Å². The van der Waals surface area contributed by atoms with Crippen molar-refractivity contribution < 1.29 is 4.74 Å². The number of nitrogens with one attached hydrogen (secondary N) is 1. The van der Waals surface area contributed by atoms with E-state index >= 15 is 0 Å². The van der Waals surface area contributed by atoms with Gasteiger partial charge in [0, 0.05) is 25.9 Å². The standard InChI is InChI=1S/C14H20N4O2S/c1-4-10(2)18-8-5-6-11(13(18)19)12-16-17-14(21-12)15-7-9-20-3/h5-6,8,10H,4,7,9H2,1-3H3,(H,15,17). The number of hydrogen-bond donors (Lipinski definition) is 1. The van der Waals surface area contributed by atoms with E-state index in [-0.39, 0.29) is 11.6 Å². The first-order valence-electron chi connectivity index (χ1n) is 6.95. The van der Waals surface area contributed by atoms with Crippen molar-refractivity contribution in [2.24, 2.45) is 0 Å². The van der Waals surface area contributed by atoms with Gasteiger partial charge in [0.2, 0.25) is 5.13 Å². The van der Waals surface area contributed by atoms with Crippen LogP contribution in [0.5, 0.6) is 0 Å². The number of aromatic nitrogens is 3. The van der Waals surface area contributed by atoms with Crippen molar-refractivity contribution >= 4 is 16.5 Å². The number of rotatable bonds is 7. The molecule has 1 unspecified atom stereocenters. The van der Waals surface area contributed by atoms with Crippen LogP contribution >= 0.6 is 11.3 Å². The molecular formula is C14H20N4O2S. The zero-order chi connectivity index (χ0) is 15.2. The van der Waals surface area contributed by atoms with Crippen LogP contribution in [0.4, 0.5) is 5.13 Å². The van der Waals surface area contributed by atoms with E-state index in [9.17, 15) is 4.79 Å². The van der Waals surface area contributed by atoms with E-state index < -0.39 is 0 Å². The Balaban J connectivity index is 2.24. The van der Waals surface area contributed by atoms with Gasteiger partial charge in [0.25, 0.3) is 5.56 Å². The second kappa shape index (κ2) is 7.33. The number of methoxy groups -OCH3 is 1. The van der Waals surface area contributed by atoms with Gasteiger partial charge in [-0.3, -0.25) is 4.79 Å². The molecule has 0 saturated carbocycles. The Kier molecular flexibility index (Phi) is 5.46. The summed E-state index contributed by atoms with van der Waals surface area (Å²) in [7, 11) is 1.65. The Bertz CT molecular complexity index is 638. The lowest BCUT2D eigenvalue weighted by atomic mass is 10.2. The highest BCUT2D eigenvalue weighted by molar-refractivity contribution is 7.18. The van der Waals surface area contributed by atoms with Crippen LogP contribution in [-0.4, -0.2) is 35.0 Å². The van der Waals surface area contributed by atoms with Gasteiger partial charge in [0.15, 0.2) is 5.01 Å². The van der Waals surface area contributed by atoms with Crippen LogP contribution in [0.2, 0.25) is 0 Å². The SMILES string of the molecule is CCC(C)n1cccc(-c2nnc(NCCOC)s2)c1=O. The molecule has 0 aliphatic heterocycles. The lowest BCUT2D eigenvalue weighted by Crippen LogP contribution is -2.23. The summed E-state index contributed by atoms with van der Waals surface area (Å²) in [5, 5.41) is 12.6. The largest absolute Gasteiger partial charge is 0.383 e. The summed E-state index contributed by atoms with van der Waals surface area (Å²) in [6.45, 7) is 5.35. The van der Waals surface area contributed by atoms with Crippen LogP contribution in [0.1, 0.15) is 26.3 Å². The highest BCUT2D eigenvalue weighted by Crippen LogP contribution is 2.24. The molecule has 0 fully saturated rings. The molecule has 6 nitrogen and oxygen atoms in total. The maximum Gasteiger partial charge on any atom is 0.261 e. The maximum atomic E-state index is 12.5. The summed E-state index contributed by atoms with van der Waals surface area (Å²) >= 11 is 1.38. The molecule has 7 heteroatoms. The smallest absolute Gasteiger partial charge is 0.261 e. The molecule has 0 bridgehead atoms. The number of ether oxygens (including phenoxy) is 1. The molecule has 0 aliphatic rings. The van der Waals surface area contributed by atoms with E-state index in [1.807, 2.05) is 19.2 Å². The summed E-state index contributed by atoms with van der Waals surface area (Å²) in [6.07, 6.45) is 2.72. The van der Waals surface area contributed by atoms with E-state index in [2.05, 4.69) is 22.4 Å². The van der Waals surface area contributed by atoms with Crippen molar-refractivity contribution in [3.63, 3.8) is 0 Å². The Morgan fingerprint density at radius 3 is 3.00 bits per heavy atom. The van der Waals surface area contributed by atoms with Crippen molar-refractivity contribution in [2.45, 2.75) is 26.3 Å². The van der Waals surface area contributed by atoms with Crippen LogP contribution in [0, 0.1) is 0 Å². The average Bonchev–Trinajstić information content (AvgIpc) is 2.95. The summed E-state index contributed by atoms with van der Waals surface area (Å²) < 4.78 is 6.71. The van der Waals surface area contributed by atoms with Crippen LogP contribution < -0.4 is 10.9 Å². The zero-order valence-corrected chi connectivity index (χ0v) is 13.3. The van der Waals surface area contributed by atoms with Gasteiger partial charge in [0.1, 0.15) is 0 Å². The first-order chi connectivity index (χ1) is 10.2. The molecule has 2 aromatic heterocycles. The number of pyridine rings is 1. The highest BCUT2D eigenvalue weighted by Gasteiger charge is 2.13. The maximum absolute atomic E-state index is 12.5. The van der Waals surface area contributed by atoms with Gasteiger partial charge in [-0.25, -0.2) is 0 Å². The minimum Gasteiger partial charge on any atom is -0.383 e. The second-order valence-corrected chi connectivity index (χ2v) is 5.70. The van der Waals surface area contributed by atoms with Gasteiger partial charge in [-0.1, -0.05) is 18.3 Å². The minimum absolute atomic E-state index is 0.0218. The summed E-state index contributed by atoms with van der Waals surface area (Å²) in [5.74, 6) is 0. The summed E-state index contributed by atoms with van der Waals surface area (Å²) in [4.78, 5) is 12.5. The quantitative estimate of drug-likeness (QED) is 0.795. The van der Waals surface area contributed by atoms with Crippen LogP contribution in [0.25, 0.3) is 10.6 Å². The first kappa shape index (κ1) is 15.7. The predicted octanol–water partition coefficient (Wildman–Crippen LogP) is 2.40. The molecule has 0 spiro atoms. The molecule has 1 atom stereocenters. The third-order valence-electron chi connectivity index (χ3n) is 3.28. The lowest BCUT2D eigenvalue weighted by Gasteiger charge is -2.13. The molecule has 2 rings (SSSR count). The average molecular weight is 308 g/mol. The fourth-order valence-corrected chi connectivity index (χ4v) is 2.67. The van der Waals surface area contributed by atoms with Gasteiger partial charge in [-0.05, 0) is 25.5 Å². The highest BCUT2D eigenvalue weighted by atomic mass is 32.1. The molecule has 2 heterocycles. The Morgan fingerprint density at radius 2 is 2.29 bits per heavy atom.